The van der Waals surface area contributed by atoms with Crippen LogP contribution in [-0.4, -0.2) is 22.9 Å². The van der Waals surface area contributed by atoms with Crippen molar-refractivity contribution in [2.75, 3.05) is 0 Å². The van der Waals surface area contributed by atoms with Gasteiger partial charge < -0.3 is 11.1 Å². The maximum atomic E-state index is 13.0. The summed E-state index contributed by atoms with van der Waals surface area (Å²) < 4.78 is 13.0. The fraction of sp³-hybridized carbons (Fsp3) is 0.462. The van der Waals surface area contributed by atoms with E-state index in [0.717, 1.165) is 43.9 Å². The third kappa shape index (κ3) is 3.30. The average molecular weight is 281 g/mol. The molecule has 1 amide bonds. The molecule has 0 aromatic heterocycles. The second-order valence-electron chi connectivity index (χ2n) is 5.00. The Morgan fingerprint density at radius 1 is 1.35 bits per heavy atom. The SMILES string of the molecule is NC1CCC(NC(=O)c2ccc(F)cc2[N+](=O)[O-])CC1. The molecule has 0 unspecified atom stereocenters. The van der Waals surface area contributed by atoms with Crippen molar-refractivity contribution in [2.45, 2.75) is 37.8 Å². The van der Waals surface area contributed by atoms with Crippen LogP contribution in [0, 0.1) is 15.9 Å². The number of rotatable bonds is 3. The van der Waals surface area contributed by atoms with Crippen LogP contribution in [0.25, 0.3) is 0 Å². The normalized spacial score (nSPS) is 22.3. The predicted octanol–water partition coefficient (Wildman–Crippen LogP) is 1.73. The van der Waals surface area contributed by atoms with Crippen molar-refractivity contribution in [3.05, 3.63) is 39.7 Å². The van der Waals surface area contributed by atoms with Gasteiger partial charge in [-0.3, -0.25) is 14.9 Å². The Morgan fingerprint density at radius 2 is 2.00 bits per heavy atom. The van der Waals surface area contributed by atoms with Gasteiger partial charge in [-0.15, -0.1) is 0 Å². The van der Waals surface area contributed by atoms with Crippen LogP contribution in [-0.2, 0) is 0 Å². The summed E-state index contributed by atoms with van der Waals surface area (Å²) in [6.45, 7) is 0. The van der Waals surface area contributed by atoms with Gasteiger partial charge in [-0.1, -0.05) is 0 Å². The molecule has 0 spiro atoms. The number of benzene rings is 1. The molecule has 0 saturated heterocycles. The fourth-order valence-corrected chi connectivity index (χ4v) is 2.37. The van der Waals surface area contributed by atoms with Crippen molar-refractivity contribution in [3.63, 3.8) is 0 Å². The van der Waals surface area contributed by atoms with Gasteiger partial charge >= 0.3 is 0 Å². The van der Waals surface area contributed by atoms with Crippen LogP contribution in [0.4, 0.5) is 10.1 Å². The summed E-state index contributed by atoms with van der Waals surface area (Å²) in [6, 6.07) is 3.05. The minimum atomic E-state index is -0.755. The van der Waals surface area contributed by atoms with Gasteiger partial charge in [0, 0.05) is 12.1 Å². The molecule has 1 aromatic rings. The molecular weight excluding hydrogens is 265 g/mol. The summed E-state index contributed by atoms with van der Waals surface area (Å²) in [7, 11) is 0. The van der Waals surface area contributed by atoms with Gasteiger partial charge in [0.2, 0.25) is 0 Å². The Hall–Kier alpha value is -2.02. The third-order valence-corrected chi connectivity index (χ3v) is 3.51. The Balaban J connectivity index is 2.11. The molecule has 0 aliphatic heterocycles. The van der Waals surface area contributed by atoms with E-state index in [9.17, 15) is 19.3 Å². The number of nitrogens with two attached hydrogens (primary N) is 1. The lowest BCUT2D eigenvalue weighted by atomic mass is 9.91. The van der Waals surface area contributed by atoms with Crippen LogP contribution in [0.15, 0.2) is 18.2 Å². The molecule has 1 aromatic carbocycles. The number of hydrogen-bond donors (Lipinski definition) is 2. The number of nitrogens with one attached hydrogen (secondary N) is 1. The van der Waals surface area contributed by atoms with Crippen LogP contribution < -0.4 is 11.1 Å². The maximum Gasteiger partial charge on any atom is 0.285 e. The van der Waals surface area contributed by atoms with E-state index < -0.39 is 22.3 Å². The van der Waals surface area contributed by atoms with E-state index in [0.29, 0.717) is 0 Å². The van der Waals surface area contributed by atoms with E-state index >= 15 is 0 Å². The number of nitro benzene ring substituents is 1. The number of hydrogen-bond acceptors (Lipinski definition) is 4. The summed E-state index contributed by atoms with van der Waals surface area (Å²) in [5, 5.41) is 13.6. The minimum absolute atomic E-state index is 0.0352. The predicted molar refractivity (Wildman–Crippen MR) is 70.8 cm³/mol. The Bertz CT molecular complexity index is 528. The third-order valence-electron chi connectivity index (χ3n) is 3.51. The topological polar surface area (TPSA) is 98.3 Å². The van der Waals surface area contributed by atoms with Gasteiger partial charge in [-0.05, 0) is 37.8 Å². The molecular formula is C13H16FN3O3. The molecule has 108 valence electrons. The van der Waals surface area contributed by atoms with Gasteiger partial charge in [-0.25, -0.2) is 4.39 Å². The van der Waals surface area contributed by atoms with Crippen molar-refractivity contribution in [3.8, 4) is 0 Å². The molecule has 20 heavy (non-hydrogen) atoms. The minimum Gasteiger partial charge on any atom is -0.349 e. The first-order valence-electron chi connectivity index (χ1n) is 6.47. The maximum absolute atomic E-state index is 13.0. The number of amides is 1. The fourth-order valence-electron chi connectivity index (χ4n) is 2.37. The van der Waals surface area contributed by atoms with Crippen LogP contribution in [0.2, 0.25) is 0 Å². The zero-order valence-electron chi connectivity index (χ0n) is 10.8. The van der Waals surface area contributed by atoms with E-state index in [1.54, 1.807) is 0 Å². The van der Waals surface area contributed by atoms with Gasteiger partial charge in [0.15, 0.2) is 0 Å². The molecule has 3 N–H and O–H groups in total. The molecule has 0 atom stereocenters. The smallest absolute Gasteiger partial charge is 0.285 e. The molecule has 6 nitrogen and oxygen atoms in total. The van der Waals surface area contributed by atoms with Crippen molar-refractivity contribution in [1.29, 1.82) is 0 Å². The summed E-state index contributed by atoms with van der Waals surface area (Å²) in [5.41, 5.74) is 5.14. The number of carbonyl (C=O) groups excluding carboxylic acids is 1. The van der Waals surface area contributed by atoms with E-state index in [-0.39, 0.29) is 17.6 Å². The number of halogens is 1. The summed E-state index contributed by atoms with van der Waals surface area (Å²) in [5.74, 6) is -1.28. The zero-order valence-corrected chi connectivity index (χ0v) is 10.8. The summed E-state index contributed by atoms with van der Waals surface area (Å²) >= 11 is 0. The van der Waals surface area contributed by atoms with Gasteiger partial charge in [0.25, 0.3) is 11.6 Å². The lowest BCUT2D eigenvalue weighted by Gasteiger charge is -2.26. The van der Waals surface area contributed by atoms with E-state index in [1.807, 2.05) is 0 Å². The number of nitro groups is 1. The summed E-state index contributed by atoms with van der Waals surface area (Å²) in [6.07, 6.45) is 3.14. The molecule has 7 heteroatoms. The second-order valence-corrected chi connectivity index (χ2v) is 5.00. The van der Waals surface area contributed by atoms with Crippen LogP contribution in [0.1, 0.15) is 36.0 Å². The van der Waals surface area contributed by atoms with Crippen molar-refractivity contribution < 1.29 is 14.1 Å². The van der Waals surface area contributed by atoms with Crippen molar-refractivity contribution >= 4 is 11.6 Å². The highest BCUT2D eigenvalue weighted by Crippen LogP contribution is 2.22. The van der Waals surface area contributed by atoms with Crippen LogP contribution >= 0.6 is 0 Å². The Morgan fingerprint density at radius 3 is 2.60 bits per heavy atom. The molecule has 0 bridgehead atoms. The van der Waals surface area contributed by atoms with Crippen molar-refractivity contribution in [1.82, 2.24) is 5.32 Å². The molecule has 1 aliphatic rings. The van der Waals surface area contributed by atoms with Gasteiger partial charge in [-0.2, -0.15) is 0 Å². The van der Waals surface area contributed by atoms with E-state index in [2.05, 4.69) is 5.32 Å². The molecule has 0 radical (unpaired) electrons. The molecule has 1 aliphatic carbocycles. The van der Waals surface area contributed by atoms with E-state index in [4.69, 9.17) is 5.73 Å². The monoisotopic (exact) mass is 281 g/mol. The molecule has 1 saturated carbocycles. The van der Waals surface area contributed by atoms with Crippen LogP contribution in [0.3, 0.4) is 0 Å². The first kappa shape index (κ1) is 14.4. The molecule has 1 fully saturated rings. The molecule has 2 rings (SSSR count). The molecule has 0 heterocycles. The first-order chi connectivity index (χ1) is 9.47. The van der Waals surface area contributed by atoms with Crippen LogP contribution in [0.5, 0.6) is 0 Å². The zero-order chi connectivity index (χ0) is 14.7. The Labute approximate surface area is 115 Å². The van der Waals surface area contributed by atoms with Crippen molar-refractivity contribution in [2.24, 2.45) is 5.73 Å². The highest BCUT2D eigenvalue weighted by molar-refractivity contribution is 5.98. The highest BCUT2D eigenvalue weighted by atomic mass is 19.1. The highest BCUT2D eigenvalue weighted by Gasteiger charge is 2.25. The lowest BCUT2D eigenvalue weighted by molar-refractivity contribution is -0.385. The van der Waals surface area contributed by atoms with Gasteiger partial charge in [0.05, 0.1) is 11.0 Å². The number of nitrogens with zero attached hydrogens (tertiary/aromatic N) is 1. The lowest BCUT2D eigenvalue weighted by Crippen LogP contribution is -2.40. The largest absolute Gasteiger partial charge is 0.349 e. The quantitative estimate of drug-likeness (QED) is 0.651. The second kappa shape index (κ2) is 5.96. The number of carbonyl (C=O) groups is 1. The first-order valence-corrected chi connectivity index (χ1v) is 6.47. The summed E-state index contributed by atoms with van der Waals surface area (Å²) in [4.78, 5) is 22.2. The van der Waals surface area contributed by atoms with E-state index in [1.165, 1.54) is 0 Å². The average Bonchev–Trinajstić information content (AvgIpc) is 2.41. The Kier molecular flexibility index (Phi) is 4.29. The van der Waals surface area contributed by atoms with Gasteiger partial charge in [0.1, 0.15) is 11.4 Å². The standard InChI is InChI=1S/C13H16FN3O3/c14-8-1-6-11(12(7-8)17(19)20)13(18)16-10-4-2-9(15)3-5-10/h1,6-7,9-10H,2-5,15H2,(H,16,18).